The van der Waals surface area contributed by atoms with Gasteiger partial charge in [-0.3, -0.25) is 5.32 Å². The van der Waals surface area contributed by atoms with E-state index >= 15 is 0 Å². The Balaban J connectivity index is 0.000000646. The number of alkyl halides is 1. The Kier molecular flexibility index (Phi) is 12.6. The van der Waals surface area contributed by atoms with Crippen LogP contribution in [0.3, 0.4) is 0 Å². The topological polar surface area (TPSA) is 61.4 Å². The summed E-state index contributed by atoms with van der Waals surface area (Å²) in [5.74, 6) is 1.36. The van der Waals surface area contributed by atoms with Crippen molar-refractivity contribution in [1.29, 1.82) is 0 Å². The molecule has 9 heteroatoms. The smallest absolute Gasteiger partial charge is 0.324 e. The van der Waals surface area contributed by atoms with E-state index in [1.165, 1.54) is 11.3 Å². The minimum Gasteiger partial charge on any atom is -0.352 e. The molecule has 0 saturated carbocycles. The minimum absolute atomic E-state index is 0.0542. The molecule has 1 aliphatic heterocycles. The molecular formula is C23H35Cl2N5OS. The van der Waals surface area contributed by atoms with Gasteiger partial charge in [0.05, 0.1) is 10.7 Å². The van der Waals surface area contributed by atoms with Crippen LogP contribution in [0.15, 0.2) is 30.5 Å². The summed E-state index contributed by atoms with van der Waals surface area (Å²) in [6.07, 6.45) is 2.61. The number of thiazole rings is 1. The maximum atomic E-state index is 12.6. The predicted octanol–water partition coefficient (Wildman–Crippen LogP) is 6.63. The number of piperazine rings is 1. The van der Waals surface area contributed by atoms with Gasteiger partial charge in [0.1, 0.15) is 5.82 Å². The Hall–Kier alpha value is -1.83. The molecule has 2 amide bonds. The van der Waals surface area contributed by atoms with Gasteiger partial charge in [0, 0.05) is 42.6 Å². The predicted molar refractivity (Wildman–Crippen MR) is 140 cm³/mol. The molecule has 0 radical (unpaired) electrons. The number of hydrogen-bond donors (Lipinski definition) is 1. The number of urea groups is 1. The fourth-order valence-electron chi connectivity index (χ4n) is 3.03. The molecule has 32 heavy (non-hydrogen) atoms. The number of aryl methyl sites for hydroxylation is 2. The Labute approximate surface area is 206 Å². The van der Waals surface area contributed by atoms with E-state index in [4.69, 9.17) is 23.2 Å². The van der Waals surface area contributed by atoms with Crippen molar-refractivity contribution in [1.82, 2.24) is 14.9 Å². The van der Waals surface area contributed by atoms with Crippen molar-refractivity contribution >= 4 is 51.5 Å². The van der Waals surface area contributed by atoms with Crippen LogP contribution >= 0.6 is 34.5 Å². The molecule has 1 fully saturated rings. The number of amides is 2. The summed E-state index contributed by atoms with van der Waals surface area (Å²) in [7, 11) is 0. The van der Waals surface area contributed by atoms with E-state index < -0.39 is 0 Å². The molecule has 0 aromatic carbocycles. The van der Waals surface area contributed by atoms with E-state index in [2.05, 4.69) is 33.7 Å². The van der Waals surface area contributed by atoms with Crippen molar-refractivity contribution in [3.8, 4) is 0 Å². The highest BCUT2D eigenvalue weighted by Crippen LogP contribution is 2.26. The molecule has 1 aliphatic rings. The molecular weight excluding hydrogens is 465 g/mol. The van der Waals surface area contributed by atoms with Gasteiger partial charge < -0.3 is 9.80 Å². The second-order valence-electron chi connectivity index (χ2n) is 7.19. The molecule has 2 aromatic rings. The summed E-state index contributed by atoms with van der Waals surface area (Å²) < 4.78 is 0. The third kappa shape index (κ3) is 8.26. The average Bonchev–Trinajstić information content (AvgIpc) is 3.14. The maximum absolute atomic E-state index is 12.6. The minimum atomic E-state index is -0.101. The van der Waals surface area contributed by atoms with Gasteiger partial charge in [-0.1, -0.05) is 44.5 Å². The molecule has 6 nitrogen and oxygen atoms in total. The fraction of sp³-hybridized carbons (Fsp3) is 0.522. The number of nitrogens with one attached hydrogen (secondary N) is 1. The molecule has 0 spiro atoms. The summed E-state index contributed by atoms with van der Waals surface area (Å²) in [6.45, 7) is 17.6. The van der Waals surface area contributed by atoms with Gasteiger partial charge in [0.15, 0.2) is 5.13 Å². The van der Waals surface area contributed by atoms with E-state index in [1.807, 2.05) is 51.7 Å². The molecule has 1 N–H and O–H groups in total. The number of nitrogens with zero attached hydrogens (tertiary/aromatic N) is 4. The summed E-state index contributed by atoms with van der Waals surface area (Å²) in [4.78, 5) is 26.6. The molecule has 1 saturated heterocycles. The van der Waals surface area contributed by atoms with E-state index in [-0.39, 0.29) is 12.1 Å². The number of aromatic nitrogens is 2. The zero-order valence-electron chi connectivity index (χ0n) is 19.9. The molecule has 1 unspecified atom stereocenters. The SMILES string of the molecule is C=C(C)CCl.CC.CCc1nc(NC(=O)N2CCN(c3ncccc3Cl)CC2C)sc1C. The molecule has 3 heterocycles. The van der Waals surface area contributed by atoms with E-state index in [0.717, 1.165) is 28.4 Å². The lowest BCUT2D eigenvalue weighted by molar-refractivity contribution is 0.184. The van der Waals surface area contributed by atoms with Crippen molar-refractivity contribution in [2.45, 2.75) is 54.0 Å². The standard InChI is InChI=1S/C17H22ClN5OS.C4H7Cl.C2H6/c1-4-14-12(3)25-16(20-14)21-17(24)23-9-8-22(10-11(23)2)15-13(18)6-5-7-19-15;1-4(2)3-5;1-2/h5-7,11H,4,8-10H2,1-3H3,(H,20,21,24);1,3H2,2H3;1-2H3. The van der Waals surface area contributed by atoms with Gasteiger partial charge in [-0.2, -0.15) is 0 Å². The summed E-state index contributed by atoms with van der Waals surface area (Å²) in [5, 5.41) is 4.24. The number of carbonyl (C=O) groups is 1. The highest BCUT2D eigenvalue weighted by molar-refractivity contribution is 7.15. The van der Waals surface area contributed by atoms with Crippen LogP contribution in [0.1, 0.15) is 45.2 Å². The van der Waals surface area contributed by atoms with Crippen LogP contribution in [-0.4, -0.2) is 52.5 Å². The maximum Gasteiger partial charge on any atom is 0.324 e. The number of anilines is 2. The first-order valence-corrected chi connectivity index (χ1v) is 12.6. The summed E-state index contributed by atoms with van der Waals surface area (Å²) in [5.41, 5.74) is 2.06. The van der Waals surface area contributed by atoms with Crippen molar-refractivity contribution < 1.29 is 4.79 Å². The second kappa shape index (κ2) is 14.3. The van der Waals surface area contributed by atoms with E-state index in [1.54, 1.807) is 6.20 Å². The van der Waals surface area contributed by atoms with E-state index in [0.29, 0.717) is 35.7 Å². The Morgan fingerprint density at radius 2 is 2.03 bits per heavy atom. The van der Waals surface area contributed by atoms with Crippen molar-refractivity contribution in [3.05, 3.63) is 46.1 Å². The quantitative estimate of drug-likeness (QED) is 0.378. The first-order valence-electron chi connectivity index (χ1n) is 10.9. The van der Waals surface area contributed by atoms with Gasteiger partial charge in [-0.25, -0.2) is 14.8 Å². The Morgan fingerprint density at radius 1 is 1.38 bits per heavy atom. The summed E-state index contributed by atoms with van der Waals surface area (Å²) in [6, 6.07) is 3.61. The monoisotopic (exact) mass is 499 g/mol. The Bertz CT molecular complexity index is 874. The lowest BCUT2D eigenvalue weighted by Crippen LogP contribution is -2.55. The normalized spacial score (nSPS) is 15.2. The third-order valence-corrected chi connectivity index (χ3v) is 6.28. The first-order chi connectivity index (χ1) is 15.3. The molecule has 2 aromatic heterocycles. The second-order valence-corrected chi connectivity index (χ2v) is 9.07. The van der Waals surface area contributed by atoms with Gasteiger partial charge in [0.25, 0.3) is 0 Å². The third-order valence-electron chi connectivity index (χ3n) is 4.60. The van der Waals surface area contributed by atoms with Crippen LogP contribution in [0.5, 0.6) is 0 Å². The first kappa shape index (κ1) is 28.2. The molecule has 0 aliphatic carbocycles. The van der Waals surface area contributed by atoms with Gasteiger partial charge >= 0.3 is 6.03 Å². The van der Waals surface area contributed by atoms with Crippen molar-refractivity contribution in [2.24, 2.45) is 0 Å². The van der Waals surface area contributed by atoms with Crippen LogP contribution in [0, 0.1) is 6.92 Å². The number of pyridine rings is 1. The highest BCUT2D eigenvalue weighted by Gasteiger charge is 2.29. The highest BCUT2D eigenvalue weighted by atomic mass is 35.5. The molecule has 0 bridgehead atoms. The number of halogens is 2. The molecule has 178 valence electrons. The van der Waals surface area contributed by atoms with E-state index in [9.17, 15) is 4.79 Å². The van der Waals surface area contributed by atoms with Crippen LogP contribution in [0.25, 0.3) is 0 Å². The van der Waals surface area contributed by atoms with Crippen LogP contribution in [-0.2, 0) is 6.42 Å². The Morgan fingerprint density at radius 3 is 2.53 bits per heavy atom. The fourth-order valence-corrected chi connectivity index (χ4v) is 4.17. The van der Waals surface area contributed by atoms with Gasteiger partial charge in [-0.15, -0.1) is 22.9 Å². The van der Waals surface area contributed by atoms with Crippen LogP contribution in [0.2, 0.25) is 5.02 Å². The number of rotatable bonds is 4. The number of allylic oxidation sites excluding steroid dienone is 1. The zero-order valence-corrected chi connectivity index (χ0v) is 22.2. The lowest BCUT2D eigenvalue weighted by Gasteiger charge is -2.40. The molecule has 3 rings (SSSR count). The van der Waals surface area contributed by atoms with Gasteiger partial charge in [-0.05, 0) is 39.3 Å². The number of carbonyl (C=O) groups excluding carboxylic acids is 1. The van der Waals surface area contributed by atoms with Crippen molar-refractivity contribution in [3.63, 3.8) is 0 Å². The van der Waals surface area contributed by atoms with Crippen LogP contribution in [0.4, 0.5) is 15.7 Å². The largest absolute Gasteiger partial charge is 0.352 e. The number of hydrogen-bond acceptors (Lipinski definition) is 5. The summed E-state index contributed by atoms with van der Waals surface area (Å²) >= 11 is 13.0. The van der Waals surface area contributed by atoms with Crippen LogP contribution < -0.4 is 10.2 Å². The average molecular weight is 501 g/mol. The lowest BCUT2D eigenvalue weighted by atomic mass is 10.2. The van der Waals surface area contributed by atoms with Crippen molar-refractivity contribution in [2.75, 3.05) is 35.7 Å². The molecule has 1 atom stereocenters. The zero-order chi connectivity index (χ0) is 24.3. The van der Waals surface area contributed by atoms with Gasteiger partial charge in [0.2, 0.25) is 0 Å².